The van der Waals surface area contributed by atoms with Crippen molar-refractivity contribution in [2.45, 2.75) is 88.9 Å². The molecule has 0 saturated heterocycles. The predicted octanol–water partition coefficient (Wildman–Crippen LogP) is 4.49. The van der Waals surface area contributed by atoms with Crippen LogP contribution in [0.15, 0.2) is 35.1 Å². The molecule has 10 nitrogen and oxygen atoms in total. The van der Waals surface area contributed by atoms with Crippen molar-refractivity contribution < 1.29 is 19.4 Å². The maximum Gasteiger partial charge on any atom is 0.329 e. The van der Waals surface area contributed by atoms with Crippen LogP contribution in [0.2, 0.25) is 0 Å². The van der Waals surface area contributed by atoms with Gasteiger partial charge >= 0.3 is 11.7 Å². The summed E-state index contributed by atoms with van der Waals surface area (Å²) in [5, 5.41) is 13.9. The number of anilines is 1. The highest BCUT2D eigenvalue weighted by Gasteiger charge is 2.37. The van der Waals surface area contributed by atoms with E-state index in [9.17, 15) is 14.7 Å². The monoisotopic (exact) mass is 593 g/mol. The number of nitrogens with one attached hydrogen (secondary N) is 1. The summed E-state index contributed by atoms with van der Waals surface area (Å²) in [6, 6.07) is 9.09. The van der Waals surface area contributed by atoms with Gasteiger partial charge in [-0.05, 0) is 90.0 Å². The normalized spacial score (nSPS) is 19.5. The van der Waals surface area contributed by atoms with Gasteiger partial charge in [0, 0.05) is 44.6 Å². The Morgan fingerprint density at radius 1 is 1.23 bits per heavy atom. The third kappa shape index (κ3) is 6.51. The van der Waals surface area contributed by atoms with E-state index in [2.05, 4.69) is 17.4 Å². The highest BCUT2D eigenvalue weighted by molar-refractivity contribution is 5.87. The number of hydrogen-bond acceptors (Lipinski definition) is 7. The van der Waals surface area contributed by atoms with Crippen molar-refractivity contribution in [3.05, 3.63) is 57.6 Å². The Kier molecular flexibility index (Phi) is 9.58. The van der Waals surface area contributed by atoms with Gasteiger partial charge in [-0.1, -0.05) is 18.2 Å². The van der Waals surface area contributed by atoms with Crippen LogP contribution in [0.5, 0.6) is 0 Å². The summed E-state index contributed by atoms with van der Waals surface area (Å²) in [6.07, 6.45) is 7.87. The first-order valence-corrected chi connectivity index (χ1v) is 15.6. The van der Waals surface area contributed by atoms with Gasteiger partial charge in [0.1, 0.15) is 11.9 Å². The van der Waals surface area contributed by atoms with E-state index < -0.39 is 17.6 Å². The number of ether oxygens (including phenoxy) is 2. The first-order valence-electron chi connectivity index (χ1n) is 15.6. The van der Waals surface area contributed by atoms with Crippen LogP contribution >= 0.6 is 0 Å². The Balaban J connectivity index is 1.21. The Labute approximate surface area is 254 Å². The molecule has 234 valence electrons. The van der Waals surface area contributed by atoms with Gasteiger partial charge in [0.05, 0.1) is 29.3 Å². The zero-order valence-corrected chi connectivity index (χ0v) is 26.3. The van der Waals surface area contributed by atoms with Crippen molar-refractivity contribution in [2.75, 3.05) is 39.2 Å². The van der Waals surface area contributed by atoms with E-state index in [1.54, 1.807) is 23.3 Å². The van der Waals surface area contributed by atoms with E-state index in [4.69, 9.17) is 14.5 Å². The van der Waals surface area contributed by atoms with Gasteiger partial charge in [-0.3, -0.25) is 18.8 Å². The number of carbonyl (C=O) groups is 1. The topological polar surface area (TPSA) is 111 Å². The minimum atomic E-state index is -0.929. The van der Waals surface area contributed by atoms with Crippen LogP contribution in [-0.4, -0.2) is 76.2 Å². The number of hydrogen-bond donors (Lipinski definition) is 2. The number of rotatable bonds is 13. The number of benzene rings is 1. The van der Waals surface area contributed by atoms with Crippen molar-refractivity contribution in [3.63, 3.8) is 0 Å². The van der Waals surface area contributed by atoms with Crippen LogP contribution in [0.1, 0.15) is 75.2 Å². The van der Waals surface area contributed by atoms with Crippen LogP contribution in [0.25, 0.3) is 11.0 Å². The summed E-state index contributed by atoms with van der Waals surface area (Å²) in [6.45, 7) is 5.94. The standard InChI is InChI=1S/C33H47N5O5/c1-33(2,21-42-5)38-27-13-8-12-26(28(27)37(4)32(38)41)29(31(39)40)36(3)24-16-17-25(20-24)43-19-7-6-11-23-15-14-22-10-9-18-34-30(22)35-23/h8,12-15,24-25,29H,6-7,9-11,16-21H2,1-5H3,(H,34,35)(H,39,40)/t24-,25-,29+/m0/s1. The third-order valence-corrected chi connectivity index (χ3v) is 9.20. The van der Waals surface area contributed by atoms with Crippen LogP contribution < -0.4 is 11.0 Å². The Morgan fingerprint density at radius 3 is 2.81 bits per heavy atom. The minimum absolute atomic E-state index is 0.0672. The van der Waals surface area contributed by atoms with Gasteiger partial charge in [0.15, 0.2) is 0 Å². The number of likely N-dealkylation sites (N-methyl/N-ethyl adjacent to an activating group) is 1. The molecular weight excluding hydrogens is 546 g/mol. The molecule has 3 heterocycles. The van der Waals surface area contributed by atoms with E-state index in [0.29, 0.717) is 29.8 Å². The summed E-state index contributed by atoms with van der Waals surface area (Å²) in [5.74, 6) is 0.119. The first kappa shape index (κ1) is 31.2. The fraction of sp³-hybridized carbons (Fsp3) is 0.606. The quantitative estimate of drug-likeness (QED) is 0.279. The summed E-state index contributed by atoms with van der Waals surface area (Å²) < 4.78 is 14.9. The average Bonchev–Trinajstić information content (AvgIpc) is 3.55. The number of methoxy groups -OCH3 is 1. The SMILES string of the molecule is COCC(C)(C)n1c(=O)n(C)c2c([C@H](C(=O)O)N(C)[C@H]3CC[C@H](OCCCCc4ccc5c(n4)NCCC5)C3)cccc21. The highest BCUT2D eigenvalue weighted by atomic mass is 16.5. The molecule has 2 aromatic heterocycles. The lowest BCUT2D eigenvalue weighted by Gasteiger charge is -2.31. The average molecular weight is 594 g/mol. The molecule has 1 aromatic carbocycles. The Morgan fingerprint density at radius 2 is 2.05 bits per heavy atom. The number of nitrogens with zero attached hydrogens (tertiary/aromatic N) is 4. The maximum atomic E-state index is 13.4. The van der Waals surface area contributed by atoms with Crippen molar-refractivity contribution in [3.8, 4) is 0 Å². The van der Waals surface area contributed by atoms with E-state index >= 15 is 0 Å². The maximum absolute atomic E-state index is 13.4. The number of carboxylic acid groups (broad SMARTS) is 1. The van der Waals surface area contributed by atoms with E-state index in [0.717, 1.165) is 63.0 Å². The number of fused-ring (bicyclic) bond motifs is 2. The fourth-order valence-electron chi connectivity index (χ4n) is 7.01. The first-order chi connectivity index (χ1) is 20.6. The van der Waals surface area contributed by atoms with Crippen molar-refractivity contribution in [2.24, 2.45) is 7.05 Å². The number of unbranched alkanes of at least 4 members (excludes halogenated alkanes) is 1. The van der Waals surface area contributed by atoms with Gasteiger partial charge in [0.2, 0.25) is 0 Å². The van der Waals surface area contributed by atoms with Gasteiger partial charge in [-0.15, -0.1) is 0 Å². The van der Waals surface area contributed by atoms with Crippen molar-refractivity contribution in [1.82, 2.24) is 19.0 Å². The molecule has 2 aliphatic rings. The molecule has 1 fully saturated rings. The molecule has 0 amide bonds. The molecule has 0 unspecified atom stereocenters. The Bertz CT molecular complexity index is 1490. The molecule has 0 radical (unpaired) electrons. The lowest BCUT2D eigenvalue weighted by molar-refractivity contribution is -0.144. The second-order valence-electron chi connectivity index (χ2n) is 12.8. The number of imidazole rings is 1. The predicted molar refractivity (Wildman–Crippen MR) is 168 cm³/mol. The molecule has 0 bridgehead atoms. The van der Waals surface area contributed by atoms with E-state index in [1.165, 1.54) is 12.0 Å². The lowest BCUT2D eigenvalue weighted by Crippen LogP contribution is -2.39. The third-order valence-electron chi connectivity index (χ3n) is 9.20. The lowest BCUT2D eigenvalue weighted by atomic mass is 10.0. The van der Waals surface area contributed by atoms with Gasteiger partial charge in [-0.25, -0.2) is 9.78 Å². The zero-order chi connectivity index (χ0) is 30.7. The second kappa shape index (κ2) is 13.2. The van der Waals surface area contributed by atoms with E-state index in [-0.39, 0.29) is 17.8 Å². The van der Waals surface area contributed by atoms with Crippen molar-refractivity contribution in [1.29, 1.82) is 0 Å². The summed E-state index contributed by atoms with van der Waals surface area (Å²) >= 11 is 0. The largest absolute Gasteiger partial charge is 0.480 e. The number of aromatic nitrogens is 3. The second-order valence-corrected chi connectivity index (χ2v) is 12.8. The van der Waals surface area contributed by atoms with Crippen LogP contribution in [0.4, 0.5) is 5.82 Å². The number of pyridine rings is 1. The number of aryl methyl sites for hydroxylation is 3. The van der Waals surface area contributed by atoms with Crippen molar-refractivity contribution >= 4 is 22.8 Å². The molecule has 0 spiro atoms. The molecule has 10 heteroatoms. The summed E-state index contributed by atoms with van der Waals surface area (Å²) in [7, 11) is 5.21. The fourth-order valence-corrected chi connectivity index (χ4v) is 7.01. The summed E-state index contributed by atoms with van der Waals surface area (Å²) in [4.78, 5) is 32.9. The highest BCUT2D eigenvalue weighted by Crippen LogP contribution is 2.35. The smallest absolute Gasteiger partial charge is 0.329 e. The number of aliphatic carboxylic acids is 1. The molecule has 1 aliphatic carbocycles. The van der Waals surface area contributed by atoms with Crippen LogP contribution in [0.3, 0.4) is 0 Å². The molecule has 2 N–H and O–H groups in total. The minimum Gasteiger partial charge on any atom is -0.480 e. The zero-order valence-electron chi connectivity index (χ0n) is 26.3. The molecular formula is C33H47N5O5. The number of carboxylic acids is 1. The van der Waals surface area contributed by atoms with Crippen LogP contribution in [0, 0.1) is 0 Å². The van der Waals surface area contributed by atoms with Crippen LogP contribution in [-0.2, 0) is 39.7 Å². The van der Waals surface area contributed by atoms with Gasteiger partial charge in [-0.2, -0.15) is 0 Å². The number of para-hydroxylation sites is 1. The molecule has 1 saturated carbocycles. The molecule has 1 aliphatic heterocycles. The van der Waals surface area contributed by atoms with E-state index in [1.807, 2.05) is 44.0 Å². The molecule has 3 aromatic rings. The van der Waals surface area contributed by atoms with Gasteiger partial charge in [0.25, 0.3) is 0 Å². The molecule has 3 atom stereocenters. The Hall–Kier alpha value is -3.21. The summed E-state index contributed by atoms with van der Waals surface area (Å²) in [5.41, 5.74) is 3.62. The molecule has 5 rings (SSSR count). The molecule has 43 heavy (non-hydrogen) atoms. The van der Waals surface area contributed by atoms with Gasteiger partial charge < -0.3 is 19.9 Å².